The lowest BCUT2D eigenvalue weighted by atomic mass is 10.2. The van der Waals surface area contributed by atoms with Gasteiger partial charge in [0.25, 0.3) is 5.91 Å². The zero-order valence-electron chi connectivity index (χ0n) is 14.3. The number of carbonyl (C=O) groups is 1. The van der Waals surface area contributed by atoms with Crippen molar-refractivity contribution in [3.63, 3.8) is 0 Å². The minimum atomic E-state index is -0.316. The number of nitrogens with zero attached hydrogens (tertiary/aromatic N) is 2. The first-order valence-corrected chi connectivity index (χ1v) is 8.71. The standard InChI is InChI=1S/C18H16Cl2N4O3/c1-26-13-5-2-11(3-6-13)18-22-16(23-24-18)9-21-17(25)10-27-15-7-4-12(19)8-14(15)20/h2-8H,9-10H2,1H3,(H,21,25)(H,22,23,24). The lowest BCUT2D eigenvalue weighted by molar-refractivity contribution is -0.123. The molecule has 0 aliphatic heterocycles. The van der Waals surface area contributed by atoms with Crippen molar-refractivity contribution in [3.8, 4) is 22.9 Å². The molecule has 9 heteroatoms. The molecule has 3 rings (SSSR count). The molecule has 0 saturated carbocycles. The van der Waals surface area contributed by atoms with Crippen molar-refractivity contribution in [3.05, 3.63) is 58.3 Å². The number of halogens is 2. The molecule has 0 bridgehead atoms. The van der Waals surface area contributed by atoms with E-state index in [0.29, 0.717) is 27.4 Å². The molecule has 0 aliphatic carbocycles. The highest BCUT2D eigenvalue weighted by Crippen LogP contribution is 2.27. The number of nitrogens with one attached hydrogen (secondary N) is 2. The second-order valence-electron chi connectivity index (χ2n) is 5.47. The number of carbonyl (C=O) groups excluding carboxylic acids is 1. The highest BCUT2D eigenvalue weighted by molar-refractivity contribution is 6.35. The number of amides is 1. The molecule has 140 valence electrons. The Morgan fingerprint density at radius 3 is 2.67 bits per heavy atom. The van der Waals surface area contributed by atoms with Crippen molar-refractivity contribution in [2.75, 3.05) is 13.7 Å². The number of aromatic amines is 1. The van der Waals surface area contributed by atoms with Crippen LogP contribution in [0.15, 0.2) is 42.5 Å². The first-order chi connectivity index (χ1) is 13.0. The lowest BCUT2D eigenvalue weighted by Gasteiger charge is -2.08. The number of hydrogen-bond acceptors (Lipinski definition) is 5. The van der Waals surface area contributed by atoms with E-state index in [1.165, 1.54) is 0 Å². The molecule has 0 spiro atoms. The summed E-state index contributed by atoms with van der Waals surface area (Å²) >= 11 is 11.8. The van der Waals surface area contributed by atoms with Crippen LogP contribution in [0.25, 0.3) is 11.4 Å². The first-order valence-electron chi connectivity index (χ1n) is 7.95. The monoisotopic (exact) mass is 406 g/mol. The van der Waals surface area contributed by atoms with Gasteiger partial charge in [0, 0.05) is 10.6 Å². The predicted octanol–water partition coefficient (Wildman–Crippen LogP) is 3.48. The normalized spacial score (nSPS) is 10.5. The Morgan fingerprint density at radius 2 is 1.96 bits per heavy atom. The van der Waals surface area contributed by atoms with Crippen molar-refractivity contribution in [1.29, 1.82) is 0 Å². The van der Waals surface area contributed by atoms with Crippen LogP contribution in [0, 0.1) is 0 Å². The van der Waals surface area contributed by atoms with Crippen molar-refractivity contribution >= 4 is 29.1 Å². The summed E-state index contributed by atoms with van der Waals surface area (Å²) < 4.78 is 10.5. The summed E-state index contributed by atoms with van der Waals surface area (Å²) in [5.41, 5.74) is 0.838. The number of ether oxygens (including phenoxy) is 2. The molecule has 0 saturated heterocycles. The summed E-state index contributed by atoms with van der Waals surface area (Å²) in [5.74, 6) is 1.88. The van der Waals surface area contributed by atoms with Gasteiger partial charge in [-0.15, -0.1) is 0 Å². The van der Waals surface area contributed by atoms with Gasteiger partial charge in [-0.05, 0) is 42.5 Å². The lowest BCUT2D eigenvalue weighted by Crippen LogP contribution is -2.28. The third kappa shape index (κ3) is 5.12. The maximum absolute atomic E-state index is 11.9. The average Bonchev–Trinajstić information content (AvgIpc) is 3.15. The van der Waals surface area contributed by atoms with Crippen LogP contribution in [0.1, 0.15) is 5.82 Å². The van der Waals surface area contributed by atoms with E-state index in [1.54, 1.807) is 25.3 Å². The van der Waals surface area contributed by atoms with Crippen LogP contribution in [0.2, 0.25) is 10.0 Å². The molecule has 0 aliphatic rings. The summed E-state index contributed by atoms with van der Waals surface area (Å²) in [5, 5.41) is 10.5. The Labute approximate surface area is 165 Å². The van der Waals surface area contributed by atoms with E-state index in [0.717, 1.165) is 11.3 Å². The zero-order valence-corrected chi connectivity index (χ0v) is 15.8. The van der Waals surface area contributed by atoms with E-state index in [-0.39, 0.29) is 19.1 Å². The third-order valence-electron chi connectivity index (χ3n) is 3.59. The van der Waals surface area contributed by atoms with E-state index < -0.39 is 0 Å². The summed E-state index contributed by atoms with van der Waals surface area (Å²) in [6, 6.07) is 12.2. The van der Waals surface area contributed by atoms with Gasteiger partial charge in [0.15, 0.2) is 12.4 Å². The topological polar surface area (TPSA) is 89.1 Å². The molecule has 2 aromatic carbocycles. The fourth-order valence-electron chi connectivity index (χ4n) is 2.21. The van der Waals surface area contributed by atoms with Crippen LogP contribution in [0.4, 0.5) is 0 Å². The van der Waals surface area contributed by atoms with E-state index in [2.05, 4.69) is 20.5 Å². The number of rotatable bonds is 7. The molecule has 1 amide bonds. The second kappa shape index (κ2) is 8.75. The molecule has 0 radical (unpaired) electrons. The summed E-state index contributed by atoms with van der Waals surface area (Å²) in [7, 11) is 1.60. The smallest absolute Gasteiger partial charge is 0.258 e. The van der Waals surface area contributed by atoms with Gasteiger partial charge in [-0.1, -0.05) is 23.2 Å². The van der Waals surface area contributed by atoms with Crippen LogP contribution in [0.3, 0.4) is 0 Å². The number of hydrogen-bond donors (Lipinski definition) is 2. The molecule has 27 heavy (non-hydrogen) atoms. The Bertz CT molecular complexity index is 929. The van der Waals surface area contributed by atoms with E-state index in [1.807, 2.05) is 24.3 Å². The average molecular weight is 407 g/mol. The van der Waals surface area contributed by atoms with Gasteiger partial charge in [-0.3, -0.25) is 9.89 Å². The quantitative estimate of drug-likeness (QED) is 0.626. The van der Waals surface area contributed by atoms with Crippen LogP contribution in [0.5, 0.6) is 11.5 Å². The molecular formula is C18H16Cl2N4O3. The van der Waals surface area contributed by atoms with E-state index in [9.17, 15) is 4.79 Å². The van der Waals surface area contributed by atoms with E-state index in [4.69, 9.17) is 32.7 Å². The summed E-state index contributed by atoms with van der Waals surface area (Å²) in [6.07, 6.45) is 0. The molecule has 7 nitrogen and oxygen atoms in total. The van der Waals surface area contributed by atoms with Gasteiger partial charge in [-0.2, -0.15) is 5.10 Å². The summed E-state index contributed by atoms with van der Waals surface area (Å²) in [4.78, 5) is 16.3. The largest absolute Gasteiger partial charge is 0.497 e. The van der Waals surface area contributed by atoms with Gasteiger partial charge >= 0.3 is 0 Å². The number of benzene rings is 2. The zero-order chi connectivity index (χ0) is 19.2. The fourth-order valence-corrected chi connectivity index (χ4v) is 2.68. The van der Waals surface area contributed by atoms with Gasteiger partial charge in [0.2, 0.25) is 0 Å². The predicted molar refractivity (Wildman–Crippen MR) is 102 cm³/mol. The molecule has 1 heterocycles. The van der Waals surface area contributed by atoms with Crippen molar-refractivity contribution < 1.29 is 14.3 Å². The van der Waals surface area contributed by atoms with Crippen LogP contribution < -0.4 is 14.8 Å². The van der Waals surface area contributed by atoms with Crippen molar-refractivity contribution in [2.24, 2.45) is 0 Å². The van der Waals surface area contributed by atoms with Crippen LogP contribution in [-0.2, 0) is 11.3 Å². The Kier molecular flexibility index (Phi) is 6.16. The van der Waals surface area contributed by atoms with Gasteiger partial charge < -0.3 is 14.8 Å². The highest BCUT2D eigenvalue weighted by Gasteiger charge is 2.09. The molecule has 0 unspecified atom stereocenters. The number of H-pyrrole nitrogens is 1. The maximum atomic E-state index is 11.9. The molecule has 0 atom stereocenters. The molecule has 2 N–H and O–H groups in total. The fraction of sp³-hybridized carbons (Fsp3) is 0.167. The number of methoxy groups -OCH3 is 1. The second-order valence-corrected chi connectivity index (χ2v) is 6.32. The van der Waals surface area contributed by atoms with Crippen molar-refractivity contribution in [1.82, 2.24) is 20.5 Å². The van der Waals surface area contributed by atoms with Gasteiger partial charge in [0.05, 0.1) is 18.7 Å². The SMILES string of the molecule is COc1ccc(-c2n[nH]c(CNC(=O)COc3ccc(Cl)cc3Cl)n2)cc1. The minimum Gasteiger partial charge on any atom is -0.497 e. The van der Waals surface area contributed by atoms with E-state index >= 15 is 0 Å². The first kappa shape index (κ1) is 19.0. The van der Waals surface area contributed by atoms with Gasteiger partial charge in [0.1, 0.15) is 17.3 Å². The Hall–Kier alpha value is -2.77. The molecule has 3 aromatic rings. The maximum Gasteiger partial charge on any atom is 0.258 e. The minimum absolute atomic E-state index is 0.180. The summed E-state index contributed by atoms with van der Waals surface area (Å²) in [6.45, 7) is 0.0144. The van der Waals surface area contributed by atoms with Crippen molar-refractivity contribution in [2.45, 2.75) is 6.54 Å². The Balaban J connectivity index is 1.51. The number of aromatic nitrogens is 3. The van der Waals surface area contributed by atoms with Gasteiger partial charge in [-0.25, -0.2) is 4.98 Å². The molecule has 0 fully saturated rings. The Morgan fingerprint density at radius 1 is 1.19 bits per heavy atom. The van der Waals surface area contributed by atoms with Crippen LogP contribution >= 0.6 is 23.2 Å². The molecular weight excluding hydrogens is 391 g/mol. The third-order valence-corrected chi connectivity index (χ3v) is 4.12. The molecule has 1 aromatic heterocycles. The van der Waals surface area contributed by atoms with Crippen LogP contribution in [-0.4, -0.2) is 34.8 Å². The highest BCUT2D eigenvalue weighted by atomic mass is 35.5.